The van der Waals surface area contributed by atoms with Crippen molar-refractivity contribution >= 4 is 27.3 Å². The fourth-order valence-corrected chi connectivity index (χ4v) is 2.70. The maximum absolute atomic E-state index is 13.5. The normalized spacial score (nSPS) is 11.4. The van der Waals surface area contributed by atoms with E-state index in [9.17, 15) is 21.6 Å². The molecule has 1 N–H and O–H groups in total. The maximum atomic E-state index is 13.5. The smallest absolute Gasteiger partial charge is 0.264 e. The summed E-state index contributed by atoms with van der Waals surface area (Å²) in [7, 11) is -4.37. The van der Waals surface area contributed by atoms with Gasteiger partial charge >= 0.3 is 0 Å². The molecular weight excluding hydrogens is 315 g/mol. The van der Waals surface area contributed by atoms with Gasteiger partial charge < -0.3 is 0 Å². The molecule has 2 aromatic rings. The Morgan fingerprint density at radius 3 is 2.10 bits per heavy atom. The Balaban J connectivity index is 2.41. The highest BCUT2D eigenvalue weighted by molar-refractivity contribution is 7.92. The van der Waals surface area contributed by atoms with Crippen LogP contribution in [0.2, 0.25) is 5.02 Å². The van der Waals surface area contributed by atoms with Crippen LogP contribution in [0.5, 0.6) is 0 Å². The monoisotopic (exact) mass is 321 g/mol. The molecule has 0 heterocycles. The molecular formula is C12H7ClF3NO2S. The molecule has 0 spiro atoms. The lowest BCUT2D eigenvalue weighted by Gasteiger charge is -2.09. The number of halogens is 4. The molecule has 0 saturated heterocycles. The standard InChI is InChI=1S/C12H7ClF3NO2S/c13-7-1-3-8(4-2-7)17-20(18,19)10-6-5-9(14)11(15)12(10)16/h1-6,17H. The molecule has 2 rings (SSSR count). The average molecular weight is 322 g/mol. The van der Waals surface area contributed by atoms with Gasteiger partial charge in [0.15, 0.2) is 17.5 Å². The van der Waals surface area contributed by atoms with Crippen molar-refractivity contribution in [3.63, 3.8) is 0 Å². The minimum Gasteiger partial charge on any atom is -0.280 e. The van der Waals surface area contributed by atoms with E-state index in [0.29, 0.717) is 17.2 Å². The number of rotatable bonds is 3. The van der Waals surface area contributed by atoms with Gasteiger partial charge in [0.2, 0.25) is 0 Å². The van der Waals surface area contributed by atoms with Crippen LogP contribution in [0.4, 0.5) is 18.9 Å². The molecule has 3 nitrogen and oxygen atoms in total. The summed E-state index contributed by atoms with van der Waals surface area (Å²) in [6.07, 6.45) is 0. The van der Waals surface area contributed by atoms with Crippen LogP contribution in [0.15, 0.2) is 41.3 Å². The predicted molar refractivity (Wildman–Crippen MR) is 68.6 cm³/mol. The van der Waals surface area contributed by atoms with Gasteiger partial charge in [0.1, 0.15) is 4.90 Å². The Kier molecular flexibility index (Phi) is 3.92. The zero-order valence-electron chi connectivity index (χ0n) is 9.70. The van der Waals surface area contributed by atoms with Crippen molar-refractivity contribution in [1.29, 1.82) is 0 Å². The Labute approximate surface area is 118 Å². The van der Waals surface area contributed by atoms with Crippen molar-refractivity contribution in [2.24, 2.45) is 0 Å². The van der Waals surface area contributed by atoms with E-state index in [0.717, 1.165) is 0 Å². The molecule has 0 aliphatic rings. The maximum Gasteiger partial charge on any atom is 0.264 e. The second kappa shape index (κ2) is 5.34. The summed E-state index contributed by atoms with van der Waals surface area (Å²) < 4.78 is 65.1. The molecule has 20 heavy (non-hydrogen) atoms. The van der Waals surface area contributed by atoms with Gasteiger partial charge in [-0.15, -0.1) is 0 Å². The molecule has 0 aliphatic heterocycles. The van der Waals surface area contributed by atoms with Gasteiger partial charge in [0, 0.05) is 10.7 Å². The second-order valence-corrected chi connectivity index (χ2v) is 5.87. The molecule has 0 fully saturated rings. The quantitative estimate of drug-likeness (QED) is 0.879. The highest BCUT2D eigenvalue weighted by Gasteiger charge is 2.24. The molecule has 0 aliphatic carbocycles. The molecule has 0 saturated carbocycles. The van der Waals surface area contributed by atoms with Crippen molar-refractivity contribution in [3.05, 3.63) is 58.9 Å². The molecule has 8 heteroatoms. The van der Waals surface area contributed by atoms with E-state index in [2.05, 4.69) is 0 Å². The van der Waals surface area contributed by atoms with Crippen LogP contribution in [0.3, 0.4) is 0 Å². The predicted octanol–water partition coefficient (Wildman–Crippen LogP) is 3.56. The van der Waals surface area contributed by atoms with Crippen LogP contribution in [0, 0.1) is 17.5 Å². The summed E-state index contributed by atoms with van der Waals surface area (Å²) >= 11 is 5.63. The van der Waals surface area contributed by atoms with Crippen LogP contribution in [0.25, 0.3) is 0 Å². The summed E-state index contributed by atoms with van der Waals surface area (Å²) in [5, 5.41) is 0.381. The van der Waals surface area contributed by atoms with Crippen molar-refractivity contribution in [3.8, 4) is 0 Å². The van der Waals surface area contributed by atoms with E-state index in [1.54, 1.807) is 0 Å². The lowest BCUT2D eigenvalue weighted by molar-refractivity contribution is 0.432. The Morgan fingerprint density at radius 1 is 0.900 bits per heavy atom. The molecule has 106 valence electrons. The number of hydrogen-bond acceptors (Lipinski definition) is 2. The number of anilines is 1. The fraction of sp³-hybridized carbons (Fsp3) is 0. The Hall–Kier alpha value is -1.73. The lowest BCUT2D eigenvalue weighted by Crippen LogP contribution is -2.15. The van der Waals surface area contributed by atoms with Crippen LogP contribution in [0.1, 0.15) is 0 Å². The zero-order valence-corrected chi connectivity index (χ0v) is 11.3. The van der Waals surface area contributed by atoms with Gasteiger partial charge in [0.05, 0.1) is 0 Å². The van der Waals surface area contributed by atoms with E-state index in [4.69, 9.17) is 11.6 Å². The third-order valence-corrected chi connectivity index (χ3v) is 4.04. The van der Waals surface area contributed by atoms with Crippen molar-refractivity contribution in [2.45, 2.75) is 4.90 Å². The number of benzene rings is 2. The molecule has 0 amide bonds. The Bertz CT molecular complexity index is 748. The van der Waals surface area contributed by atoms with Crippen LogP contribution in [-0.4, -0.2) is 8.42 Å². The van der Waals surface area contributed by atoms with Gasteiger partial charge in [-0.3, -0.25) is 4.72 Å². The summed E-state index contributed by atoms with van der Waals surface area (Å²) in [5.41, 5.74) is 0.110. The van der Waals surface area contributed by atoms with Crippen LogP contribution in [-0.2, 0) is 10.0 Å². The molecule has 0 bridgehead atoms. The average Bonchev–Trinajstić information content (AvgIpc) is 2.38. The zero-order chi connectivity index (χ0) is 14.9. The SMILES string of the molecule is O=S(=O)(Nc1ccc(Cl)cc1)c1ccc(F)c(F)c1F. The van der Waals surface area contributed by atoms with E-state index >= 15 is 0 Å². The molecule has 0 atom stereocenters. The second-order valence-electron chi connectivity index (χ2n) is 3.79. The van der Waals surface area contributed by atoms with Gasteiger partial charge in [-0.2, -0.15) is 0 Å². The summed E-state index contributed by atoms with van der Waals surface area (Å²) in [6, 6.07) is 6.71. The summed E-state index contributed by atoms with van der Waals surface area (Å²) in [4.78, 5) is -0.980. The first-order valence-corrected chi connectivity index (χ1v) is 7.09. The lowest BCUT2D eigenvalue weighted by atomic mass is 10.3. The van der Waals surface area contributed by atoms with Crippen molar-refractivity contribution in [2.75, 3.05) is 4.72 Å². The first-order chi connectivity index (χ1) is 9.31. The van der Waals surface area contributed by atoms with E-state index in [-0.39, 0.29) is 5.69 Å². The topological polar surface area (TPSA) is 46.2 Å². The number of sulfonamides is 1. The summed E-state index contributed by atoms with van der Waals surface area (Å²) in [5.74, 6) is -5.08. The Morgan fingerprint density at radius 2 is 1.50 bits per heavy atom. The number of nitrogens with one attached hydrogen (secondary N) is 1. The van der Waals surface area contributed by atoms with Crippen molar-refractivity contribution in [1.82, 2.24) is 0 Å². The third-order valence-electron chi connectivity index (χ3n) is 2.39. The van der Waals surface area contributed by atoms with Gasteiger partial charge in [0.25, 0.3) is 10.0 Å². The number of hydrogen-bond donors (Lipinski definition) is 1. The molecule has 0 radical (unpaired) electrons. The van der Waals surface area contributed by atoms with Crippen LogP contribution >= 0.6 is 11.6 Å². The van der Waals surface area contributed by atoms with Gasteiger partial charge in [-0.25, -0.2) is 21.6 Å². The van der Waals surface area contributed by atoms with Crippen molar-refractivity contribution < 1.29 is 21.6 Å². The third kappa shape index (κ3) is 2.88. The highest BCUT2D eigenvalue weighted by Crippen LogP contribution is 2.23. The molecule has 0 aromatic heterocycles. The minimum absolute atomic E-state index is 0.110. The van der Waals surface area contributed by atoms with Gasteiger partial charge in [-0.1, -0.05) is 11.6 Å². The minimum atomic E-state index is -4.37. The van der Waals surface area contributed by atoms with E-state index in [1.165, 1.54) is 24.3 Å². The van der Waals surface area contributed by atoms with E-state index in [1.807, 2.05) is 4.72 Å². The fourth-order valence-electron chi connectivity index (χ4n) is 1.44. The first-order valence-electron chi connectivity index (χ1n) is 5.23. The van der Waals surface area contributed by atoms with Gasteiger partial charge in [-0.05, 0) is 36.4 Å². The largest absolute Gasteiger partial charge is 0.280 e. The molecule has 2 aromatic carbocycles. The summed E-state index contributed by atoms with van der Waals surface area (Å²) in [6.45, 7) is 0. The van der Waals surface area contributed by atoms with Crippen LogP contribution < -0.4 is 4.72 Å². The highest BCUT2D eigenvalue weighted by atomic mass is 35.5. The first kappa shape index (κ1) is 14.7. The van der Waals surface area contributed by atoms with E-state index < -0.39 is 32.4 Å². The molecule has 0 unspecified atom stereocenters.